The van der Waals surface area contributed by atoms with Gasteiger partial charge in [-0.25, -0.2) is 0 Å². The van der Waals surface area contributed by atoms with Crippen molar-refractivity contribution in [1.29, 1.82) is 0 Å². The van der Waals surface area contributed by atoms with Crippen LogP contribution in [0, 0.1) is 0 Å². The third-order valence-electron chi connectivity index (χ3n) is 6.75. The molecule has 0 aliphatic heterocycles. The first-order valence-electron chi connectivity index (χ1n) is 11.1. The van der Waals surface area contributed by atoms with Crippen LogP contribution in [0.2, 0.25) is 0 Å². The van der Waals surface area contributed by atoms with E-state index in [0.29, 0.717) is 5.92 Å². The molecule has 0 bridgehead atoms. The van der Waals surface area contributed by atoms with Gasteiger partial charge < -0.3 is 8.98 Å². The molecule has 1 atom stereocenters. The Hall–Kier alpha value is -4.04. The summed E-state index contributed by atoms with van der Waals surface area (Å²) in [5.41, 5.74) is 7.13. The lowest BCUT2D eigenvalue weighted by molar-refractivity contribution is 0.532. The number of para-hydroxylation sites is 2. The molecule has 7 rings (SSSR count). The Morgan fingerprint density at radius 3 is 2.12 bits per heavy atom. The lowest BCUT2D eigenvalue weighted by atomic mass is 9.88. The van der Waals surface area contributed by atoms with Crippen molar-refractivity contribution in [2.75, 3.05) is 0 Å². The Balaban J connectivity index is 1.40. The van der Waals surface area contributed by atoms with Crippen molar-refractivity contribution in [3.05, 3.63) is 120 Å². The second-order valence-electron chi connectivity index (χ2n) is 8.57. The van der Waals surface area contributed by atoms with Crippen LogP contribution in [0.25, 0.3) is 44.5 Å². The maximum Gasteiger partial charge on any atom is 0.135 e. The molecular weight excluding hydrogens is 390 g/mol. The van der Waals surface area contributed by atoms with Crippen LogP contribution in [0.3, 0.4) is 0 Å². The van der Waals surface area contributed by atoms with Crippen molar-refractivity contribution in [3.8, 4) is 5.69 Å². The number of rotatable bonds is 2. The molecule has 2 heterocycles. The summed E-state index contributed by atoms with van der Waals surface area (Å²) in [6.07, 6.45) is 5.47. The van der Waals surface area contributed by atoms with Crippen LogP contribution in [0.4, 0.5) is 0 Å². The summed E-state index contributed by atoms with van der Waals surface area (Å²) >= 11 is 0. The molecule has 2 heteroatoms. The molecule has 0 radical (unpaired) electrons. The van der Waals surface area contributed by atoms with Crippen LogP contribution in [-0.2, 0) is 6.42 Å². The van der Waals surface area contributed by atoms with Gasteiger partial charge in [-0.1, -0.05) is 78.9 Å². The van der Waals surface area contributed by atoms with Gasteiger partial charge in [-0.15, -0.1) is 0 Å². The van der Waals surface area contributed by atoms with Gasteiger partial charge in [0.05, 0.1) is 11.0 Å². The van der Waals surface area contributed by atoms with Crippen molar-refractivity contribution < 1.29 is 4.42 Å². The van der Waals surface area contributed by atoms with E-state index in [2.05, 4.69) is 114 Å². The Morgan fingerprint density at radius 1 is 0.688 bits per heavy atom. The minimum absolute atomic E-state index is 0.362. The lowest BCUT2D eigenvalue weighted by Gasteiger charge is -2.16. The van der Waals surface area contributed by atoms with Gasteiger partial charge >= 0.3 is 0 Å². The molecule has 0 N–H and O–H groups in total. The number of aromatic nitrogens is 1. The molecule has 1 unspecified atom stereocenters. The van der Waals surface area contributed by atoms with Gasteiger partial charge in [-0.2, -0.15) is 0 Å². The number of nitrogens with zero attached hydrogens (tertiary/aromatic N) is 1. The number of fused-ring (bicyclic) bond motifs is 6. The molecule has 1 aliphatic carbocycles. The number of hydrogen-bond donors (Lipinski definition) is 0. The molecule has 0 fully saturated rings. The van der Waals surface area contributed by atoms with Crippen LogP contribution in [0.5, 0.6) is 0 Å². The molecule has 2 aromatic heterocycles. The fourth-order valence-corrected chi connectivity index (χ4v) is 5.24. The van der Waals surface area contributed by atoms with Crippen LogP contribution >= 0.6 is 0 Å². The van der Waals surface area contributed by atoms with Crippen molar-refractivity contribution in [2.24, 2.45) is 0 Å². The number of allylic oxidation sites excluding steroid dienone is 1. The number of benzene rings is 4. The van der Waals surface area contributed by atoms with Gasteiger partial charge in [-0.05, 0) is 35.9 Å². The summed E-state index contributed by atoms with van der Waals surface area (Å²) in [6, 6.07) is 34.5. The third kappa shape index (κ3) is 2.53. The average Bonchev–Trinajstić information content (AvgIpc) is 3.39. The summed E-state index contributed by atoms with van der Waals surface area (Å²) < 4.78 is 8.69. The fraction of sp³-hybridized carbons (Fsp3) is 0.0667. The average molecular weight is 412 g/mol. The molecule has 0 amide bonds. The van der Waals surface area contributed by atoms with Gasteiger partial charge in [0.1, 0.15) is 11.3 Å². The van der Waals surface area contributed by atoms with Gasteiger partial charge in [-0.3, -0.25) is 0 Å². The summed E-state index contributed by atoms with van der Waals surface area (Å²) in [6.45, 7) is 0. The SMILES string of the molecule is C1=CC(c2ccccc2)Cc2oc3ccc(-n4c5ccccc5c5ccccc54)cc3c21. The summed E-state index contributed by atoms with van der Waals surface area (Å²) in [5, 5.41) is 3.74. The maximum absolute atomic E-state index is 6.33. The highest BCUT2D eigenvalue weighted by Crippen LogP contribution is 2.38. The van der Waals surface area contributed by atoms with Crippen LogP contribution in [0.15, 0.2) is 108 Å². The smallest absolute Gasteiger partial charge is 0.135 e. The fourth-order valence-electron chi connectivity index (χ4n) is 5.24. The maximum atomic E-state index is 6.33. The molecule has 0 saturated carbocycles. The van der Waals surface area contributed by atoms with Crippen molar-refractivity contribution in [3.63, 3.8) is 0 Å². The van der Waals surface area contributed by atoms with Crippen LogP contribution in [0.1, 0.15) is 22.8 Å². The second-order valence-corrected chi connectivity index (χ2v) is 8.57. The van der Waals surface area contributed by atoms with Crippen molar-refractivity contribution in [2.45, 2.75) is 12.3 Å². The number of hydrogen-bond acceptors (Lipinski definition) is 1. The minimum Gasteiger partial charge on any atom is -0.460 e. The topological polar surface area (TPSA) is 18.1 Å². The van der Waals surface area contributed by atoms with E-state index in [1.807, 2.05) is 0 Å². The summed E-state index contributed by atoms with van der Waals surface area (Å²) in [5.74, 6) is 1.44. The predicted octanol–water partition coefficient (Wildman–Crippen LogP) is 7.88. The Kier molecular flexibility index (Phi) is 3.71. The highest BCUT2D eigenvalue weighted by Gasteiger charge is 2.22. The molecule has 2 nitrogen and oxygen atoms in total. The summed E-state index contributed by atoms with van der Waals surface area (Å²) in [4.78, 5) is 0. The van der Waals surface area contributed by atoms with E-state index in [4.69, 9.17) is 4.42 Å². The Morgan fingerprint density at radius 2 is 1.38 bits per heavy atom. The zero-order valence-corrected chi connectivity index (χ0v) is 17.5. The highest BCUT2D eigenvalue weighted by atomic mass is 16.3. The van der Waals surface area contributed by atoms with E-state index < -0.39 is 0 Å². The normalized spacial score (nSPS) is 15.6. The molecule has 1 aliphatic rings. The highest BCUT2D eigenvalue weighted by molar-refractivity contribution is 6.09. The zero-order chi connectivity index (χ0) is 21.1. The molecule has 32 heavy (non-hydrogen) atoms. The van der Waals surface area contributed by atoms with Gasteiger partial charge in [0.25, 0.3) is 0 Å². The van der Waals surface area contributed by atoms with E-state index in [1.165, 1.54) is 38.3 Å². The largest absolute Gasteiger partial charge is 0.460 e. The van der Waals surface area contributed by atoms with Gasteiger partial charge in [0, 0.05) is 39.7 Å². The first-order chi connectivity index (χ1) is 15.9. The predicted molar refractivity (Wildman–Crippen MR) is 132 cm³/mol. The lowest BCUT2D eigenvalue weighted by Crippen LogP contribution is -2.03. The minimum atomic E-state index is 0.362. The first kappa shape index (κ1) is 17.6. The monoisotopic (exact) mass is 411 g/mol. The van der Waals surface area contributed by atoms with Crippen molar-refractivity contribution >= 4 is 38.9 Å². The number of furan rings is 1. The zero-order valence-electron chi connectivity index (χ0n) is 17.5. The Bertz CT molecular complexity index is 1600. The van der Waals surface area contributed by atoms with E-state index in [1.54, 1.807) is 0 Å². The van der Waals surface area contributed by atoms with Crippen molar-refractivity contribution in [1.82, 2.24) is 4.57 Å². The van der Waals surface area contributed by atoms with E-state index in [0.717, 1.165) is 23.5 Å². The quantitative estimate of drug-likeness (QED) is 0.283. The molecule has 152 valence electrons. The molecule has 4 aromatic carbocycles. The Labute approximate surface area is 186 Å². The first-order valence-corrected chi connectivity index (χ1v) is 11.1. The second kappa shape index (κ2) is 6.73. The van der Waals surface area contributed by atoms with E-state index >= 15 is 0 Å². The molecule has 0 spiro atoms. The van der Waals surface area contributed by atoms with Gasteiger partial charge in [0.15, 0.2) is 0 Å². The third-order valence-corrected chi connectivity index (χ3v) is 6.75. The molecular formula is C30H21NO. The molecule has 6 aromatic rings. The van der Waals surface area contributed by atoms with E-state index in [9.17, 15) is 0 Å². The van der Waals surface area contributed by atoms with Crippen LogP contribution in [-0.4, -0.2) is 4.57 Å². The van der Waals surface area contributed by atoms with E-state index in [-0.39, 0.29) is 0 Å². The molecule has 0 saturated heterocycles. The van der Waals surface area contributed by atoms with Gasteiger partial charge in [0.2, 0.25) is 0 Å². The standard InChI is InChI=1S/C30H21NO/c1-2-8-20(9-3-1)21-14-16-25-26-19-22(15-17-29(26)32-30(25)18-21)31-27-12-6-4-10-23(27)24-11-5-7-13-28(24)31/h1-17,19,21H,18H2. The summed E-state index contributed by atoms with van der Waals surface area (Å²) in [7, 11) is 0. The van der Waals surface area contributed by atoms with Crippen LogP contribution < -0.4 is 0 Å².